The van der Waals surface area contributed by atoms with Crippen molar-refractivity contribution in [2.75, 3.05) is 0 Å². The summed E-state index contributed by atoms with van der Waals surface area (Å²) < 4.78 is 0. The Labute approximate surface area is 124 Å². The minimum Gasteiger partial charge on any atom is -0.274 e. The van der Waals surface area contributed by atoms with Gasteiger partial charge >= 0.3 is 0 Å². The lowest BCUT2D eigenvalue weighted by Crippen LogP contribution is -2.31. The summed E-state index contributed by atoms with van der Waals surface area (Å²) in [5.74, 6) is -0.526. The van der Waals surface area contributed by atoms with E-state index in [4.69, 9.17) is 11.6 Å². The van der Waals surface area contributed by atoms with Crippen LogP contribution in [0.25, 0.3) is 10.2 Å². The number of hydrogen-bond acceptors (Lipinski definition) is 5. The van der Waals surface area contributed by atoms with Gasteiger partial charge in [-0.15, -0.1) is 11.3 Å². The monoisotopic (exact) mass is 309 g/mol. The molecule has 0 spiro atoms. The van der Waals surface area contributed by atoms with Gasteiger partial charge in [0.15, 0.2) is 5.82 Å². The highest BCUT2D eigenvalue weighted by molar-refractivity contribution is 7.16. The van der Waals surface area contributed by atoms with Gasteiger partial charge in [0.05, 0.1) is 6.54 Å². The van der Waals surface area contributed by atoms with E-state index in [1.807, 2.05) is 11.4 Å². The van der Waals surface area contributed by atoms with Crippen LogP contribution in [-0.4, -0.2) is 26.7 Å². The summed E-state index contributed by atoms with van der Waals surface area (Å²) in [4.78, 5) is 34.6. The summed E-state index contributed by atoms with van der Waals surface area (Å²) in [6.45, 7) is 3.61. The lowest BCUT2D eigenvalue weighted by atomic mass is 10.00. The van der Waals surface area contributed by atoms with Crippen molar-refractivity contribution in [1.82, 2.24) is 14.9 Å². The highest BCUT2D eigenvalue weighted by Gasteiger charge is 2.42. The Hall–Kier alpha value is -1.53. The summed E-state index contributed by atoms with van der Waals surface area (Å²) >= 11 is 7.54. The van der Waals surface area contributed by atoms with Gasteiger partial charge in [-0.05, 0) is 11.4 Å². The molecular weight excluding hydrogens is 298 g/mol. The zero-order valence-corrected chi connectivity index (χ0v) is 12.5. The number of rotatable bonds is 2. The fraction of sp³-hybridized carbons (Fsp3) is 0.385. The van der Waals surface area contributed by atoms with E-state index < -0.39 is 0 Å². The van der Waals surface area contributed by atoms with Crippen LogP contribution in [0.5, 0.6) is 0 Å². The van der Waals surface area contributed by atoms with E-state index in [1.54, 1.807) is 13.8 Å². The number of carbonyl (C=O) groups excluding carboxylic acids is 2. The van der Waals surface area contributed by atoms with Gasteiger partial charge in [-0.2, -0.15) is 0 Å². The number of aromatic nitrogens is 2. The average Bonchev–Trinajstić information content (AvgIpc) is 2.95. The first-order chi connectivity index (χ1) is 9.49. The molecule has 2 aromatic heterocycles. The highest BCUT2D eigenvalue weighted by Crippen LogP contribution is 2.28. The van der Waals surface area contributed by atoms with Crippen molar-refractivity contribution in [3.63, 3.8) is 0 Å². The zero-order valence-electron chi connectivity index (χ0n) is 11.0. The molecule has 0 aliphatic carbocycles. The van der Waals surface area contributed by atoms with Gasteiger partial charge in [-0.25, -0.2) is 9.97 Å². The average molecular weight is 310 g/mol. The minimum atomic E-state index is -0.288. The lowest BCUT2D eigenvalue weighted by Gasteiger charge is -2.13. The molecule has 0 radical (unpaired) electrons. The second-order valence-corrected chi connectivity index (χ2v) is 6.16. The second kappa shape index (κ2) is 4.79. The third-order valence-corrected chi connectivity index (χ3v) is 4.78. The van der Waals surface area contributed by atoms with Crippen molar-refractivity contribution in [3.8, 4) is 0 Å². The van der Waals surface area contributed by atoms with Gasteiger partial charge in [-0.3, -0.25) is 14.5 Å². The van der Waals surface area contributed by atoms with Crippen LogP contribution in [0.1, 0.15) is 19.7 Å². The maximum Gasteiger partial charge on any atom is 0.233 e. The zero-order chi connectivity index (χ0) is 14.4. The predicted molar refractivity (Wildman–Crippen MR) is 76.3 cm³/mol. The van der Waals surface area contributed by atoms with Gasteiger partial charge in [-0.1, -0.05) is 25.4 Å². The van der Waals surface area contributed by atoms with E-state index in [0.717, 1.165) is 10.2 Å². The van der Waals surface area contributed by atoms with E-state index in [-0.39, 0.29) is 30.2 Å². The number of fused-ring (bicyclic) bond motifs is 1. The summed E-state index contributed by atoms with van der Waals surface area (Å²) in [5.41, 5.74) is 0. The number of amides is 2. The number of likely N-dealkylation sites (tertiary alicyclic amines) is 1. The Balaban J connectivity index is 1.93. The van der Waals surface area contributed by atoms with Crippen LogP contribution in [0.3, 0.4) is 0 Å². The van der Waals surface area contributed by atoms with Crippen molar-refractivity contribution < 1.29 is 9.59 Å². The summed E-state index contributed by atoms with van der Waals surface area (Å²) in [6, 6.07) is 1.85. The number of imide groups is 1. The van der Waals surface area contributed by atoms with Gasteiger partial charge < -0.3 is 0 Å². The Morgan fingerprint density at radius 3 is 2.55 bits per heavy atom. The summed E-state index contributed by atoms with van der Waals surface area (Å²) in [5, 5.41) is 3.03. The Morgan fingerprint density at radius 1 is 1.25 bits per heavy atom. The molecule has 2 atom stereocenters. The number of carbonyl (C=O) groups is 2. The molecule has 1 saturated heterocycles. The fourth-order valence-electron chi connectivity index (χ4n) is 2.26. The number of thiophene rings is 1. The van der Waals surface area contributed by atoms with E-state index in [1.165, 1.54) is 16.2 Å². The van der Waals surface area contributed by atoms with Crippen molar-refractivity contribution in [2.45, 2.75) is 20.4 Å². The normalized spacial score (nSPS) is 23.1. The van der Waals surface area contributed by atoms with Gasteiger partial charge in [0.2, 0.25) is 11.8 Å². The van der Waals surface area contributed by atoms with Crippen molar-refractivity contribution in [2.24, 2.45) is 11.8 Å². The standard InChI is InChI=1S/C13H12ClN3O2S/c1-6-7(2)13(19)17(12(6)18)5-9-15-10(14)8-3-4-20-11(8)16-9/h3-4,6-7H,5H2,1-2H3. The highest BCUT2D eigenvalue weighted by atomic mass is 35.5. The topological polar surface area (TPSA) is 63.2 Å². The maximum absolute atomic E-state index is 12.0. The van der Waals surface area contributed by atoms with Gasteiger partial charge in [0.25, 0.3) is 0 Å². The Bertz CT molecular complexity index is 695. The van der Waals surface area contributed by atoms with Crippen LogP contribution >= 0.6 is 22.9 Å². The van der Waals surface area contributed by atoms with E-state index in [9.17, 15) is 9.59 Å². The molecule has 1 aliphatic rings. The first-order valence-electron chi connectivity index (χ1n) is 6.24. The second-order valence-electron chi connectivity index (χ2n) is 4.91. The van der Waals surface area contributed by atoms with Crippen molar-refractivity contribution in [3.05, 3.63) is 22.4 Å². The lowest BCUT2D eigenvalue weighted by molar-refractivity contribution is -0.140. The molecule has 2 unspecified atom stereocenters. The molecule has 2 amide bonds. The van der Waals surface area contributed by atoms with Crippen LogP contribution < -0.4 is 0 Å². The fourth-order valence-corrected chi connectivity index (χ4v) is 3.35. The number of hydrogen-bond donors (Lipinski definition) is 0. The van der Waals surface area contributed by atoms with Gasteiger partial charge in [0, 0.05) is 17.2 Å². The first-order valence-corrected chi connectivity index (χ1v) is 7.49. The number of nitrogens with zero attached hydrogens (tertiary/aromatic N) is 3. The number of halogens is 1. The van der Waals surface area contributed by atoms with E-state index >= 15 is 0 Å². The van der Waals surface area contributed by atoms with E-state index in [0.29, 0.717) is 11.0 Å². The van der Waals surface area contributed by atoms with Crippen molar-refractivity contribution >= 4 is 45.0 Å². The smallest absolute Gasteiger partial charge is 0.233 e. The molecule has 3 heterocycles. The molecular formula is C13H12ClN3O2S. The molecule has 0 N–H and O–H groups in total. The molecule has 0 aromatic carbocycles. The third kappa shape index (κ3) is 1.99. The first kappa shape index (κ1) is 13.5. The molecule has 1 fully saturated rings. The Kier molecular flexibility index (Phi) is 3.22. The van der Waals surface area contributed by atoms with Gasteiger partial charge in [0.1, 0.15) is 9.98 Å². The van der Waals surface area contributed by atoms with Crippen LogP contribution in [0.2, 0.25) is 5.15 Å². The molecule has 7 heteroatoms. The van der Waals surface area contributed by atoms with Crippen LogP contribution in [-0.2, 0) is 16.1 Å². The van der Waals surface area contributed by atoms with Crippen LogP contribution in [0.4, 0.5) is 0 Å². The summed E-state index contributed by atoms with van der Waals surface area (Å²) in [7, 11) is 0. The molecule has 104 valence electrons. The van der Waals surface area contributed by atoms with Crippen LogP contribution in [0, 0.1) is 11.8 Å². The van der Waals surface area contributed by atoms with Crippen molar-refractivity contribution in [1.29, 1.82) is 0 Å². The molecule has 0 bridgehead atoms. The largest absolute Gasteiger partial charge is 0.274 e. The maximum atomic E-state index is 12.0. The van der Waals surface area contributed by atoms with Crippen LogP contribution in [0.15, 0.2) is 11.4 Å². The Morgan fingerprint density at radius 2 is 1.90 bits per heavy atom. The summed E-state index contributed by atoms with van der Waals surface area (Å²) in [6.07, 6.45) is 0. The molecule has 5 nitrogen and oxygen atoms in total. The molecule has 3 rings (SSSR count). The SMILES string of the molecule is CC1C(=O)N(Cc2nc(Cl)c3ccsc3n2)C(=O)C1C. The molecule has 1 aliphatic heterocycles. The minimum absolute atomic E-state index is 0.0832. The molecule has 20 heavy (non-hydrogen) atoms. The molecule has 2 aromatic rings. The quantitative estimate of drug-likeness (QED) is 0.631. The molecule has 0 saturated carbocycles. The predicted octanol–water partition coefficient (Wildman–Crippen LogP) is 2.49. The van der Waals surface area contributed by atoms with E-state index in [2.05, 4.69) is 9.97 Å². The third-order valence-electron chi connectivity index (χ3n) is 3.69.